The van der Waals surface area contributed by atoms with Gasteiger partial charge < -0.3 is 18.9 Å². The minimum absolute atomic E-state index is 0.0438. The quantitative estimate of drug-likeness (QED) is 0.164. The van der Waals surface area contributed by atoms with E-state index in [1.807, 2.05) is 0 Å². The van der Waals surface area contributed by atoms with Crippen LogP contribution >= 0.6 is 0 Å². The van der Waals surface area contributed by atoms with Gasteiger partial charge in [0.2, 0.25) is 0 Å². The Hall–Kier alpha value is -9.25. The molecule has 6 heteroatoms. The summed E-state index contributed by atoms with van der Waals surface area (Å²) in [6.07, 6.45) is 0. The van der Waals surface area contributed by atoms with Crippen LogP contribution in [-0.2, 0) is 0 Å². The highest BCUT2D eigenvalue weighted by Gasteiger charge is 2.47. The third-order valence-electron chi connectivity index (χ3n) is 16.4. The van der Waals surface area contributed by atoms with Gasteiger partial charge in [0, 0.05) is 67.0 Å². The van der Waals surface area contributed by atoms with Crippen LogP contribution < -0.4 is 42.6 Å². The molecule has 0 unspecified atom stereocenters. The highest BCUT2D eigenvalue weighted by atomic mass is 15.2. The number of fused-ring (bicyclic) bond motifs is 16. The first kappa shape index (κ1) is 38.6. The zero-order chi connectivity index (χ0) is 46.8. The molecule has 0 spiro atoms. The van der Waals surface area contributed by atoms with E-state index < -0.39 is 0 Å². The summed E-state index contributed by atoms with van der Waals surface area (Å²) in [5, 5.41) is 5.14. The van der Waals surface area contributed by atoms with Gasteiger partial charge in [-0.15, -0.1) is 0 Å². The van der Waals surface area contributed by atoms with Gasteiger partial charge in [-0.1, -0.05) is 170 Å². The molecule has 11 aromatic carbocycles. The molecular formula is C66H40B2N4. The summed E-state index contributed by atoms with van der Waals surface area (Å²) in [6, 6.07) is 91.0. The average Bonchev–Trinajstić information content (AvgIpc) is 3.99. The topological polar surface area (TPSA) is 16.3 Å². The summed E-state index contributed by atoms with van der Waals surface area (Å²) in [6.45, 7) is -0.0875. The van der Waals surface area contributed by atoms with Gasteiger partial charge in [-0.25, -0.2) is 0 Å². The van der Waals surface area contributed by atoms with E-state index in [0.717, 1.165) is 11.4 Å². The molecule has 0 N–H and O–H groups in total. The molecule has 4 aliphatic rings. The van der Waals surface area contributed by atoms with Gasteiger partial charge in [-0.2, -0.15) is 0 Å². The lowest BCUT2D eigenvalue weighted by atomic mass is 9.31. The zero-order valence-electron chi connectivity index (χ0n) is 39.0. The largest absolute Gasteiger partial charge is 0.311 e. The highest BCUT2D eigenvalue weighted by Crippen LogP contribution is 2.49. The number of rotatable bonds is 4. The Labute approximate surface area is 417 Å². The van der Waals surface area contributed by atoms with Crippen molar-refractivity contribution in [1.29, 1.82) is 0 Å². The number of hydrogen-bond acceptors (Lipinski definition) is 2. The van der Waals surface area contributed by atoms with Gasteiger partial charge in [0.05, 0.1) is 22.1 Å². The average molecular weight is 911 g/mol. The Kier molecular flexibility index (Phi) is 7.60. The molecule has 0 radical (unpaired) electrons. The maximum absolute atomic E-state index is 2.66. The van der Waals surface area contributed by atoms with Crippen molar-refractivity contribution in [2.24, 2.45) is 0 Å². The van der Waals surface area contributed by atoms with Crippen molar-refractivity contribution in [3.05, 3.63) is 243 Å². The molecular weight excluding hydrogens is 870 g/mol. The van der Waals surface area contributed by atoms with Crippen molar-refractivity contribution in [2.75, 3.05) is 9.80 Å². The second-order valence-corrected chi connectivity index (χ2v) is 19.9. The molecule has 6 heterocycles. The van der Waals surface area contributed by atoms with E-state index in [4.69, 9.17) is 0 Å². The minimum Gasteiger partial charge on any atom is -0.311 e. The molecule has 0 fully saturated rings. The van der Waals surface area contributed by atoms with Gasteiger partial charge in [0.15, 0.2) is 0 Å². The van der Waals surface area contributed by atoms with Crippen molar-refractivity contribution in [1.82, 2.24) is 9.13 Å². The number of anilines is 6. The molecule has 13 aromatic rings. The third kappa shape index (κ3) is 4.88. The molecule has 0 bridgehead atoms. The van der Waals surface area contributed by atoms with E-state index in [1.54, 1.807) is 0 Å². The maximum atomic E-state index is 2.66. The fourth-order valence-electron chi connectivity index (χ4n) is 13.7. The summed E-state index contributed by atoms with van der Waals surface area (Å²) < 4.78 is 5.31. The van der Waals surface area contributed by atoms with Crippen LogP contribution in [0, 0.1) is 0 Å². The van der Waals surface area contributed by atoms with Crippen molar-refractivity contribution < 1.29 is 0 Å². The van der Waals surface area contributed by atoms with Gasteiger partial charge in [0.1, 0.15) is 0 Å². The second kappa shape index (κ2) is 14.2. The van der Waals surface area contributed by atoms with E-state index in [9.17, 15) is 0 Å². The lowest BCUT2D eigenvalue weighted by Gasteiger charge is -2.42. The summed E-state index contributed by atoms with van der Waals surface area (Å²) in [5.41, 5.74) is 27.6. The van der Waals surface area contributed by atoms with Crippen LogP contribution in [0.4, 0.5) is 34.1 Å². The molecule has 0 amide bonds. The number of nitrogens with zero attached hydrogens (tertiary/aromatic N) is 4. The molecule has 0 atom stereocenters. The molecule has 4 nitrogen and oxygen atoms in total. The van der Waals surface area contributed by atoms with E-state index in [0.29, 0.717) is 0 Å². The smallest absolute Gasteiger partial charge is 0.252 e. The minimum atomic E-state index is -0.0438. The molecule has 330 valence electrons. The van der Waals surface area contributed by atoms with Gasteiger partial charge in [0.25, 0.3) is 13.4 Å². The first-order valence-corrected chi connectivity index (χ1v) is 25.2. The molecule has 0 saturated carbocycles. The van der Waals surface area contributed by atoms with Crippen molar-refractivity contribution in [2.45, 2.75) is 0 Å². The fraction of sp³-hybridized carbons (Fsp3) is 0. The van der Waals surface area contributed by atoms with Crippen LogP contribution in [0.5, 0.6) is 0 Å². The molecule has 0 aliphatic carbocycles. The molecule has 17 rings (SSSR count). The Bertz CT molecular complexity index is 4180. The van der Waals surface area contributed by atoms with Crippen LogP contribution in [0.25, 0.3) is 77.2 Å². The number of benzene rings is 11. The molecule has 4 aliphatic heterocycles. The van der Waals surface area contributed by atoms with Crippen LogP contribution in [-0.4, -0.2) is 22.6 Å². The Morgan fingerprint density at radius 3 is 1.07 bits per heavy atom. The normalized spacial score (nSPS) is 13.4. The fourth-order valence-corrected chi connectivity index (χ4v) is 13.7. The van der Waals surface area contributed by atoms with E-state index in [-0.39, 0.29) is 13.4 Å². The van der Waals surface area contributed by atoms with Crippen molar-refractivity contribution in [3.8, 4) is 33.6 Å². The first-order chi connectivity index (χ1) is 35.8. The Morgan fingerprint density at radius 1 is 0.278 bits per heavy atom. The standard InChI is InChI=1S/C66H40B2N4/c1-5-21-41(22-6-1)47-37-59-63-65-61(47)45-29-13-17-33-53(45)71(65)57-39-52-58(40-51(57)67(63)49-31-15-19-35-55(49)69(59)43-25-9-3-10-26-43)72-54-34-18-14-30-46(54)62-48(42-23-7-2-8-24-42)38-60-64(66(62)72)68(52)50-32-16-20-36-56(50)70(60)44-27-11-4-12-28-44/h1-40H. The van der Waals surface area contributed by atoms with Crippen LogP contribution in [0.2, 0.25) is 0 Å². The summed E-state index contributed by atoms with van der Waals surface area (Å²) in [7, 11) is 0. The summed E-state index contributed by atoms with van der Waals surface area (Å²) in [4.78, 5) is 5.06. The summed E-state index contributed by atoms with van der Waals surface area (Å²) >= 11 is 0. The molecule has 72 heavy (non-hydrogen) atoms. The third-order valence-corrected chi connectivity index (χ3v) is 16.4. The van der Waals surface area contributed by atoms with Crippen molar-refractivity contribution >= 4 is 124 Å². The van der Waals surface area contributed by atoms with Crippen molar-refractivity contribution in [3.63, 3.8) is 0 Å². The predicted octanol–water partition coefficient (Wildman–Crippen LogP) is 12.4. The summed E-state index contributed by atoms with van der Waals surface area (Å²) in [5.74, 6) is 0. The van der Waals surface area contributed by atoms with Gasteiger partial charge in [-0.05, 0) is 128 Å². The highest BCUT2D eigenvalue weighted by molar-refractivity contribution is 7.02. The van der Waals surface area contributed by atoms with E-state index >= 15 is 0 Å². The predicted molar refractivity (Wildman–Crippen MR) is 305 cm³/mol. The maximum Gasteiger partial charge on any atom is 0.252 e. The van der Waals surface area contributed by atoms with Gasteiger partial charge in [-0.3, -0.25) is 0 Å². The van der Waals surface area contributed by atoms with E-state index in [2.05, 4.69) is 262 Å². The van der Waals surface area contributed by atoms with E-state index in [1.165, 1.54) is 133 Å². The zero-order valence-corrected chi connectivity index (χ0v) is 39.0. The lowest BCUT2D eigenvalue weighted by molar-refractivity contribution is 1.16. The van der Waals surface area contributed by atoms with Crippen LogP contribution in [0.1, 0.15) is 0 Å². The van der Waals surface area contributed by atoms with Crippen LogP contribution in [0.3, 0.4) is 0 Å². The number of hydrogen-bond donors (Lipinski definition) is 0. The number of para-hydroxylation sites is 6. The second-order valence-electron chi connectivity index (χ2n) is 19.9. The van der Waals surface area contributed by atoms with Gasteiger partial charge >= 0.3 is 0 Å². The molecule has 2 aromatic heterocycles. The number of aromatic nitrogens is 2. The monoisotopic (exact) mass is 910 g/mol. The SMILES string of the molecule is c1ccc(-c2cc3c4c5c2c2ccccc2n5-c2cc5c(cc2B4c2ccccc2N3c2ccccc2)-n2c3ccccc3c3c(-c4ccccc4)cc4c(c32)B5c2ccccc2N4c2ccccc2)cc1. The first-order valence-electron chi connectivity index (χ1n) is 25.2. The Balaban J connectivity index is 1.06. The van der Waals surface area contributed by atoms with Crippen LogP contribution in [0.15, 0.2) is 243 Å². The Morgan fingerprint density at radius 2 is 0.639 bits per heavy atom. The lowest BCUT2D eigenvalue weighted by Crippen LogP contribution is -2.63. The molecule has 0 saturated heterocycles.